The molecule has 0 aromatic heterocycles. The zero-order chi connectivity index (χ0) is 29.3. The van der Waals surface area contributed by atoms with E-state index in [4.69, 9.17) is 24.3 Å². The summed E-state index contributed by atoms with van der Waals surface area (Å²) >= 11 is 0. The molecule has 8 heteroatoms. The number of amides is 1. The van der Waals surface area contributed by atoms with Crippen LogP contribution in [0.1, 0.15) is 62.8 Å². The van der Waals surface area contributed by atoms with E-state index in [1.165, 1.54) is 0 Å². The lowest BCUT2D eigenvalue weighted by Crippen LogP contribution is -2.48. The summed E-state index contributed by atoms with van der Waals surface area (Å²) in [4.78, 5) is 31.9. The summed E-state index contributed by atoms with van der Waals surface area (Å²) in [5.41, 5.74) is 0.322. The second-order valence-corrected chi connectivity index (χ2v) is 11.0. The number of aliphatic hydroxyl groups is 1. The molecular formula is C33H38N2O6. The number of carbonyl (C=O) groups is 2. The highest BCUT2D eigenvalue weighted by Gasteiger charge is 2.53. The third-order valence-electron chi connectivity index (χ3n) is 6.56. The van der Waals surface area contributed by atoms with E-state index in [1.807, 2.05) is 93.6 Å². The molecule has 4 rings (SSSR count). The van der Waals surface area contributed by atoms with Gasteiger partial charge >= 0.3 is 5.97 Å². The van der Waals surface area contributed by atoms with Crippen molar-refractivity contribution in [1.29, 1.82) is 0 Å². The number of esters is 1. The number of hydrogen-bond acceptors (Lipinski definition) is 7. The first-order valence-electron chi connectivity index (χ1n) is 13.9. The Balaban J connectivity index is 1.69. The van der Waals surface area contributed by atoms with Crippen molar-refractivity contribution in [3.63, 3.8) is 0 Å². The Kier molecular flexibility index (Phi) is 9.78. The molecule has 0 bridgehead atoms. The van der Waals surface area contributed by atoms with Crippen molar-refractivity contribution in [1.82, 2.24) is 5.32 Å². The molecule has 1 amide bonds. The van der Waals surface area contributed by atoms with Gasteiger partial charge in [0.15, 0.2) is 11.6 Å². The zero-order valence-corrected chi connectivity index (χ0v) is 23.8. The van der Waals surface area contributed by atoms with Crippen molar-refractivity contribution < 1.29 is 28.9 Å². The first-order chi connectivity index (χ1) is 19.7. The lowest BCUT2D eigenvalue weighted by Gasteiger charge is -2.31. The molecule has 1 aliphatic rings. The van der Waals surface area contributed by atoms with Crippen LogP contribution in [0.4, 0.5) is 0 Å². The molecule has 8 nitrogen and oxygen atoms in total. The van der Waals surface area contributed by atoms with Crippen molar-refractivity contribution in [2.45, 2.75) is 63.8 Å². The largest absolute Gasteiger partial charge is 0.494 e. The Morgan fingerprint density at radius 2 is 1.63 bits per heavy atom. The van der Waals surface area contributed by atoms with Gasteiger partial charge in [-0.15, -0.1) is 0 Å². The van der Waals surface area contributed by atoms with Gasteiger partial charge in [0.1, 0.15) is 11.4 Å². The molecule has 0 saturated carbocycles. The molecule has 0 aliphatic carbocycles. The average Bonchev–Trinajstić information content (AvgIpc) is 3.36. The van der Waals surface area contributed by atoms with Gasteiger partial charge in [0.25, 0.3) is 5.91 Å². The Morgan fingerprint density at radius 1 is 0.976 bits per heavy atom. The van der Waals surface area contributed by atoms with Crippen LogP contribution in [0.15, 0.2) is 89.9 Å². The number of rotatable bonds is 12. The van der Waals surface area contributed by atoms with Crippen LogP contribution in [-0.4, -0.2) is 47.2 Å². The summed E-state index contributed by atoms with van der Waals surface area (Å²) in [6, 6.07) is 26.3. The first-order valence-corrected chi connectivity index (χ1v) is 13.9. The van der Waals surface area contributed by atoms with Crippen molar-refractivity contribution in [3.8, 4) is 5.75 Å². The average molecular weight is 559 g/mol. The molecule has 0 unspecified atom stereocenters. The fourth-order valence-corrected chi connectivity index (χ4v) is 4.61. The lowest BCUT2D eigenvalue weighted by molar-refractivity contribution is -0.155. The van der Waals surface area contributed by atoms with Gasteiger partial charge in [-0.25, -0.2) is 4.99 Å². The monoisotopic (exact) mass is 558 g/mol. The summed E-state index contributed by atoms with van der Waals surface area (Å²) in [6.07, 6.45) is -0.156. The van der Waals surface area contributed by atoms with Gasteiger partial charge in [-0.2, -0.15) is 0 Å². The summed E-state index contributed by atoms with van der Waals surface area (Å²) in [7, 11) is 0. The molecule has 1 heterocycles. The number of hydrogen-bond donors (Lipinski definition) is 2. The Hall–Kier alpha value is -4.17. The van der Waals surface area contributed by atoms with Crippen molar-refractivity contribution >= 4 is 17.8 Å². The van der Waals surface area contributed by atoms with E-state index in [9.17, 15) is 9.59 Å². The minimum absolute atomic E-state index is 0.0167. The van der Waals surface area contributed by atoms with E-state index in [1.54, 1.807) is 12.1 Å². The molecular weight excluding hydrogens is 520 g/mol. The summed E-state index contributed by atoms with van der Waals surface area (Å²) in [6.45, 7) is 6.20. The molecule has 0 fully saturated rings. The number of aliphatic imine (C=N–C) groups is 1. The SMILES string of the molecule is CC(C)(C)OC(=O)CC[C@@]1(C(=O)NCc2ccccc2)N=C(c2ccc(OCCCO)cc2)O[C@@H]1c1ccccc1. The smallest absolute Gasteiger partial charge is 0.306 e. The van der Waals surface area contributed by atoms with Crippen molar-refractivity contribution in [3.05, 3.63) is 102 Å². The fourth-order valence-electron chi connectivity index (χ4n) is 4.61. The summed E-state index contributed by atoms with van der Waals surface area (Å²) < 4.78 is 17.7. The molecule has 216 valence electrons. The molecule has 0 radical (unpaired) electrons. The highest BCUT2D eigenvalue weighted by Crippen LogP contribution is 2.43. The minimum Gasteiger partial charge on any atom is -0.494 e. The van der Waals surface area contributed by atoms with Crippen molar-refractivity contribution in [2.24, 2.45) is 4.99 Å². The molecule has 0 saturated heterocycles. The number of nitrogens with one attached hydrogen (secondary N) is 1. The standard InChI is InChI=1S/C33H38N2O6/c1-32(2,3)41-28(37)19-20-33(31(38)34-23-24-11-6-4-7-12-24)29(25-13-8-5-9-14-25)40-30(35-33)26-15-17-27(18-16-26)39-22-10-21-36/h4-9,11-18,29,36H,10,19-23H2,1-3H3,(H,34,38)/t29-,33-/m1/s1. The number of aliphatic hydroxyl groups excluding tert-OH is 1. The summed E-state index contributed by atoms with van der Waals surface area (Å²) in [5, 5.41) is 12.1. The van der Waals surface area contributed by atoms with Gasteiger partial charge < -0.3 is 24.6 Å². The Labute approximate surface area is 241 Å². The van der Waals surface area contributed by atoms with E-state index >= 15 is 0 Å². The van der Waals surface area contributed by atoms with Crippen LogP contribution in [0.2, 0.25) is 0 Å². The molecule has 3 aromatic carbocycles. The van der Waals surface area contributed by atoms with Crippen LogP contribution in [0, 0.1) is 0 Å². The van der Waals surface area contributed by atoms with Gasteiger partial charge in [-0.1, -0.05) is 60.7 Å². The maximum atomic E-state index is 14.1. The fraction of sp³-hybridized carbons (Fsp3) is 0.364. The zero-order valence-electron chi connectivity index (χ0n) is 23.8. The van der Waals surface area contributed by atoms with Gasteiger partial charge in [0, 0.05) is 31.6 Å². The number of benzene rings is 3. The first kappa shape index (κ1) is 29.8. The highest BCUT2D eigenvalue weighted by molar-refractivity contribution is 6.01. The van der Waals surface area contributed by atoms with E-state index < -0.39 is 23.2 Å². The quantitative estimate of drug-likeness (QED) is 0.235. The third kappa shape index (κ3) is 7.95. The minimum atomic E-state index is -1.42. The van der Waals surface area contributed by atoms with Crippen molar-refractivity contribution in [2.75, 3.05) is 13.2 Å². The number of ether oxygens (including phenoxy) is 3. The van der Waals surface area contributed by atoms with Crippen LogP contribution < -0.4 is 10.1 Å². The van der Waals surface area contributed by atoms with E-state index in [0.717, 1.165) is 11.1 Å². The van der Waals surface area contributed by atoms with E-state index in [-0.39, 0.29) is 25.4 Å². The van der Waals surface area contributed by atoms with E-state index in [2.05, 4.69) is 5.32 Å². The van der Waals surface area contributed by atoms with Crippen LogP contribution in [0.3, 0.4) is 0 Å². The Bertz CT molecular complexity index is 1320. The molecule has 2 atom stereocenters. The van der Waals surface area contributed by atoms with E-state index in [0.29, 0.717) is 36.8 Å². The third-order valence-corrected chi connectivity index (χ3v) is 6.56. The second-order valence-electron chi connectivity index (χ2n) is 11.0. The van der Waals surface area contributed by atoms with Crippen LogP contribution >= 0.6 is 0 Å². The predicted octanol–water partition coefficient (Wildman–Crippen LogP) is 5.14. The molecule has 0 spiro atoms. The second kappa shape index (κ2) is 13.5. The topological polar surface area (TPSA) is 106 Å². The van der Waals surface area contributed by atoms with Crippen LogP contribution in [0.5, 0.6) is 5.75 Å². The maximum Gasteiger partial charge on any atom is 0.306 e. The highest BCUT2D eigenvalue weighted by atomic mass is 16.6. The molecule has 41 heavy (non-hydrogen) atoms. The normalized spacial score (nSPS) is 18.2. The Morgan fingerprint density at radius 3 is 2.27 bits per heavy atom. The van der Waals surface area contributed by atoms with Gasteiger partial charge in [0.2, 0.25) is 5.90 Å². The predicted molar refractivity (Wildman–Crippen MR) is 157 cm³/mol. The van der Waals surface area contributed by atoms with Crippen LogP contribution in [-0.2, 0) is 25.6 Å². The van der Waals surface area contributed by atoms with Crippen LogP contribution in [0.25, 0.3) is 0 Å². The lowest BCUT2D eigenvalue weighted by atomic mass is 9.83. The number of carbonyl (C=O) groups excluding carboxylic acids is 2. The molecule has 1 aliphatic heterocycles. The van der Waals surface area contributed by atoms with Gasteiger partial charge in [-0.3, -0.25) is 9.59 Å². The van der Waals surface area contributed by atoms with Gasteiger partial charge in [-0.05, 0) is 62.6 Å². The number of nitrogens with zero attached hydrogens (tertiary/aromatic N) is 1. The van der Waals surface area contributed by atoms with Gasteiger partial charge in [0.05, 0.1) is 6.61 Å². The maximum absolute atomic E-state index is 14.1. The molecule has 2 N–H and O–H groups in total. The summed E-state index contributed by atoms with van der Waals surface area (Å²) in [5.74, 6) is 0.210. The molecule has 3 aromatic rings.